The number of hydrogen-bond donors (Lipinski definition) is 1. The van der Waals surface area contributed by atoms with Crippen LogP contribution in [0.1, 0.15) is 38.8 Å². The van der Waals surface area contributed by atoms with Crippen molar-refractivity contribution >= 4 is 11.7 Å². The molecule has 1 amide bonds. The molecule has 5 heteroatoms. The molecular formula is C17H23NO4. The second-order valence-corrected chi connectivity index (χ2v) is 6.74. The lowest BCUT2D eigenvalue weighted by atomic mass is 9.84. The third-order valence-electron chi connectivity index (χ3n) is 3.83. The van der Waals surface area contributed by atoms with Crippen molar-refractivity contribution in [1.82, 2.24) is 5.32 Å². The van der Waals surface area contributed by atoms with Crippen LogP contribution in [0, 0.1) is 12.3 Å². The highest BCUT2D eigenvalue weighted by atomic mass is 16.7. The van der Waals surface area contributed by atoms with Gasteiger partial charge in [0.05, 0.1) is 12.5 Å². The zero-order valence-electron chi connectivity index (χ0n) is 13.8. The van der Waals surface area contributed by atoms with Crippen molar-refractivity contribution < 1.29 is 19.1 Å². The van der Waals surface area contributed by atoms with E-state index in [4.69, 9.17) is 9.47 Å². The van der Waals surface area contributed by atoms with Crippen LogP contribution in [0.5, 0.6) is 11.5 Å². The molecule has 2 rings (SSSR count). The summed E-state index contributed by atoms with van der Waals surface area (Å²) in [7, 11) is 0. The monoisotopic (exact) mass is 305 g/mol. The number of carbonyl (C=O) groups excluding carboxylic acids is 2. The molecular weight excluding hydrogens is 282 g/mol. The zero-order chi connectivity index (χ0) is 16.5. The zero-order valence-corrected chi connectivity index (χ0v) is 13.8. The maximum Gasteiger partial charge on any atom is 0.231 e. The first-order chi connectivity index (χ1) is 10.2. The van der Waals surface area contributed by atoms with Gasteiger partial charge in [0, 0.05) is 0 Å². The van der Waals surface area contributed by atoms with Crippen molar-refractivity contribution in [3.63, 3.8) is 0 Å². The van der Waals surface area contributed by atoms with E-state index < -0.39 is 6.04 Å². The predicted molar refractivity (Wildman–Crippen MR) is 83.1 cm³/mol. The van der Waals surface area contributed by atoms with Crippen LogP contribution in [-0.2, 0) is 16.0 Å². The van der Waals surface area contributed by atoms with E-state index in [1.165, 1.54) is 6.92 Å². The molecule has 120 valence electrons. The van der Waals surface area contributed by atoms with E-state index in [9.17, 15) is 9.59 Å². The number of rotatable bonds is 4. The lowest BCUT2D eigenvalue weighted by molar-refractivity contribution is -0.128. The lowest BCUT2D eigenvalue weighted by Crippen LogP contribution is -2.48. The number of ether oxygens (including phenoxy) is 2. The van der Waals surface area contributed by atoms with Crippen LogP contribution in [0.4, 0.5) is 0 Å². The first kappa shape index (κ1) is 16.3. The first-order valence-corrected chi connectivity index (χ1v) is 7.38. The Labute approximate surface area is 131 Å². The maximum atomic E-state index is 12.3. The maximum absolute atomic E-state index is 12.3. The van der Waals surface area contributed by atoms with E-state index in [1.807, 2.05) is 39.8 Å². The molecule has 0 spiro atoms. The van der Waals surface area contributed by atoms with Gasteiger partial charge in [-0.3, -0.25) is 9.59 Å². The van der Waals surface area contributed by atoms with Crippen molar-refractivity contribution in [3.8, 4) is 11.5 Å². The van der Waals surface area contributed by atoms with Crippen LogP contribution < -0.4 is 14.8 Å². The second-order valence-electron chi connectivity index (χ2n) is 6.74. The van der Waals surface area contributed by atoms with Gasteiger partial charge in [0.1, 0.15) is 0 Å². The van der Waals surface area contributed by atoms with Crippen LogP contribution >= 0.6 is 0 Å². The van der Waals surface area contributed by atoms with Gasteiger partial charge in [-0.1, -0.05) is 26.8 Å². The number of Topliss-reactive ketones (excluding diaryl/α,β-unsaturated/α-hetero) is 1. The van der Waals surface area contributed by atoms with E-state index in [0.29, 0.717) is 11.5 Å². The Morgan fingerprint density at radius 2 is 1.95 bits per heavy atom. The normalized spacial score (nSPS) is 14.6. The second kappa shape index (κ2) is 5.99. The molecule has 1 aromatic carbocycles. The highest BCUT2D eigenvalue weighted by Crippen LogP contribution is 2.37. The number of amides is 1. The molecule has 0 saturated carbocycles. The Bertz CT molecular complexity index is 601. The van der Waals surface area contributed by atoms with Crippen molar-refractivity contribution in [1.29, 1.82) is 0 Å². The van der Waals surface area contributed by atoms with E-state index in [2.05, 4.69) is 5.32 Å². The molecule has 0 aromatic heterocycles. The third kappa shape index (κ3) is 3.40. The molecule has 1 aromatic rings. The smallest absolute Gasteiger partial charge is 0.231 e. The average molecular weight is 305 g/mol. The first-order valence-electron chi connectivity index (χ1n) is 7.38. The molecule has 1 heterocycles. The fraction of sp³-hybridized carbons (Fsp3) is 0.529. The van der Waals surface area contributed by atoms with Crippen molar-refractivity contribution in [2.45, 2.75) is 47.1 Å². The molecule has 5 nitrogen and oxygen atoms in total. The fourth-order valence-corrected chi connectivity index (χ4v) is 2.66. The van der Waals surface area contributed by atoms with Gasteiger partial charge in [-0.25, -0.2) is 0 Å². The van der Waals surface area contributed by atoms with Gasteiger partial charge in [-0.05, 0) is 36.5 Å². The number of benzene rings is 1. The van der Waals surface area contributed by atoms with Crippen LogP contribution in [-0.4, -0.2) is 24.5 Å². The van der Waals surface area contributed by atoms with Crippen LogP contribution in [0.25, 0.3) is 0 Å². The van der Waals surface area contributed by atoms with Gasteiger partial charge in [-0.15, -0.1) is 0 Å². The number of hydrogen-bond acceptors (Lipinski definition) is 4. The van der Waals surface area contributed by atoms with Crippen molar-refractivity contribution in [2.24, 2.45) is 5.41 Å². The Hall–Kier alpha value is -2.04. The molecule has 1 atom stereocenters. The molecule has 0 aliphatic carbocycles. The molecule has 0 bridgehead atoms. The highest BCUT2D eigenvalue weighted by molar-refractivity contribution is 5.89. The third-order valence-corrected chi connectivity index (χ3v) is 3.83. The number of nitrogens with one attached hydrogen (secondary N) is 1. The summed E-state index contributed by atoms with van der Waals surface area (Å²) in [6.07, 6.45) is 0.211. The van der Waals surface area contributed by atoms with Gasteiger partial charge < -0.3 is 14.8 Å². The van der Waals surface area contributed by atoms with Crippen LogP contribution in [0.2, 0.25) is 0 Å². The fourth-order valence-electron chi connectivity index (χ4n) is 2.66. The topological polar surface area (TPSA) is 64.6 Å². The van der Waals surface area contributed by atoms with Gasteiger partial charge in [0.15, 0.2) is 17.3 Å². The van der Waals surface area contributed by atoms with E-state index >= 15 is 0 Å². The largest absolute Gasteiger partial charge is 0.454 e. The Balaban J connectivity index is 2.11. The van der Waals surface area contributed by atoms with Crippen LogP contribution in [0.15, 0.2) is 12.1 Å². The van der Waals surface area contributed by atoms with Gasteiger partial charge in [-0.2, -0.15) is 0 Å². The molecule has 0 radical (unpaired) electrons. The minimum Gasteiger partial charge on any atom is -0.454 e. The Morgan fingerprint density at radius 3 is 2.55 bits per heavy atom. The van der Waals surface area contributed by atoms with E-state index in [-0.39, 0.29) is 30.3 Å². The quantitative estimate of drug-likeness (QED) is 0.927. The predicted octanol–water partition coefficient (Wildman–Crippen LogP) is 2.39. The average Bonchev–Trinajstić information content (AvgIpc) is 2.87. The SMILES string of the molecule is CC(=O)C(NC(=O)Cc1ccc2c(c1C)OCO2)C(C)(C)C. The summed E-state index contributed by atoms with van der Waals surface area (Å²) in [5.41, 5.74) is 1.46. The van der Waals surface area contributed by atoms with E-state index in [0.717, 1.165) is 11.1 Å². The number of carbonyl (C=O) groups is 2. The molecule has 22 heavy (non-hydrogen) atoms. The van der Waals surface area contributed by atoms with Crippen LogP contribution in [0.3, 0.4) is 0 Å². The molecule has 0 fully saturated rings. The summed E-state index contributed by atoms with van der Waals surface area (Å²) < 4.78 is 10.7. The Kier molecular flexibility index (Phi) is 4.44. The molecule has 0 saturated heterocycles. The highest BCUT2D eigenvalue weighted by Gasteiger charge is 2.30. The summed E-state index contributed by atoms with van der Waals surface area (Å²) in [5, 5.41) is 2.84. The van der Waals surface area contributed by atoms with Crippen molar-refractivity contribution in [3.05, 3.63) is 23.3 Å². The van der Waals surface area contributed by atoms with E-state index in [1.54, 1.807) is 0 Å². The summed E-state index contributed by atoms with van der Waals surface area (Å²) in [4.78, 5) is 24.0. The summed E-state index contributed by atoms with van der Waals surface area (Å²) >= 11 is 0. The minimum absolute atomic E-state index is 0.0386. The summed E-state index contributed by atoms with van der Waals surface area (Å²) in [6, 6.07) is 3.18. The summed E-state index contributed by atoms with van der Waals surface area (Å²) in [5.74, 6) is 1.20. The number of fused-ring (bicyclic) bond motifs is 1. The van der Waals surface area contributed by atoms with Gasteiger partial charge >= 0.3 is 0 Å². The molecule has 1 unspecified atom stereocenters. The minimum atomic E-state index is -0.491. The Morgan fingerprint density at radius 1 is 1.27 bits per heavy atom. The number of ketones is 1. The standard InChI is InChI=1S/C17H23NO4/c1-10-12(6-7-13-15(10)22-9-21-13)8-14(20)18-16(11(2)19)17(3,4)5/h6-7,16H,8-9H2,1-5H3,(H,18,20). The lowest BCUT2D eigenvalue weighted by Gasteiger charge is -2.29. The van der Waals surface area contributed by atoms with Gasteiger partial charge in [0.2, 0.25) is 12.7 Å². The molecule has 1 N–H and O–H groups in total. The van der Waals surface area contributed by atoms with Crippen molar-refractivity contribution in [2.75, 3.05) is 6.79 Å². The summed E-state index contributed by atoms with van der Waals surface area (Å²) in [6.45, 7) is 9.42. The molecule has 1 aliphatic heterocycles. The molecule has 1 aliphatic rings. The van der Waals surface area contributed by atoms with Gasteiger partial charge in [0.25, 0.3) is 0 Å².